The van der Waals surface area contributed by atoms with Gasteiger partial charge in [-0.15, -0.1) is 0 Å². The van der Waals surface area contributed by atoms with Gasteiger partial charge in [0.1, 0.15) is 5.52 Å². The fourth-order valence-electron chi connectivity index (χ4n) is 1.81. The molecule has 0 aliphatic carbocycles. The van der Waals surface area contributed by atoms with Crippen molar-refractivity contribution in [3.05, 3.63) is 11.6 Å². The zero-order valence-electron chi connectivity index (χ0n) is 9.15. The highest BCUT2D eigenvalue weighted by Gasteiger charge is 2.28. The van der Waals surface area contributed by atoms with Crippen molar-refractivity contribution in [2.75, 3.05) is 18.9 Å². The van der Waals surface area contributed by atoms with Crippen LogP contribution in [0.15, 0.2) is 6.33 Å². The summed E-state index contributed by atoms with van der Waals surface area (Å²) in [4.78, 5) is 12.0. The maximum absolute atomic E-state index is 8.94. The quantitative estimate of drug-likeness (QED) is 0.736. The lowest BCUT2D eigenvalue weighted by Crippen LogP contribution is -2.15. The summed E-state index contributed by atoms with van der Waals surface area (Å²) in [5.41, 5.74) is 6.63. The molecule has 0 radical (unpaired) electrons. The van der Waals surface area contributed by atoms with E-state index in [0.717, 1.165) is 0 Å². The minimum Gasteiger partial charge on any atom is -0.391 e. The van der Waals surface area contributed by atoms with Gasteiger partial charge in [-0.25, -0.2) is 4.98 Å². The summed E-state index contributed by atoms with van der Waals surface area (Å²) in [5.74, 6) is 0.210. The van der Waals surface area contributed by atoms with Gasteiger partial charge in [-0.3, -0.25) is 4.57 Å². The Morgan fingerprint density at radius 2 is 2.39 bits per heavy atom. The Hall–Kier alpha value is -1.48. The van der Waals surface area contributed by atoms with Crippen LogP contribution in [0, 0.1) is 0 Å². The molecule has 1 aliphatic rings. The van der Waals surface area contributed by atoms with Gasteiger partial charge in [0.25, 0.3) is 0 Å². The van der Waals surface area contributed by atoms with Gasteiger partial charge in [0.2, 0.25) is 5.28 Å². The molecule has 3 heterocycles. The molecule has 0 saturated carbocycles. The minimum absolute atomic E-state index is 0.0411. The van der Waals surface area contributed by atoms with Crippen LogP contribution >= 0.6 is 11.6 Å². The second-order valence-electron chi connectivity index (χ2n) is 3.74. The van der Waals surface area contributed by atoms with Gasteiger partial charge in [-0.2, -0.15) is 9.97 Å². The van der Waals surface area contributed by atoms with Crippen LogP contribution in [-0.4, -0.2) is 44.1 Å². The molecule has 2 atom stereocenters. The zero-order chi connectivity index (χ0) is 12.7. The monoisotopic (exact) mass is 271 g/mol. The third kappa shape index (κ3) is 1.79. The highest BCUT2D eigenvalue weighted by molar-refractivity contribution is 6.28. The molecule has 0 spiro atoms. The van der Waals surface area contributed by atoms with Gasteiger partial charge in [-0.1, -0.05) is 0 Å². The van der Waals surface area contributed by atoms with Crippen molar-refractivity contribution in [1.29, 1.82) is 0 Å². The van der Waals surface area contributed by atoms with E-state index in [-0.39, 0.29) is 24.3 Å². The Morgan fingerprint density at radius 1 is 1.56 bits per heavy atom. The summed E-state index contributed by atoms with van der Waals surface area (Å²) in [6, 6.07) is 0. The zero-order valence-corrected chi connectivity index (χ0v) is 9.91. The van der Waals surface area contributed by atoms with E-state index in [1.807, 2.05) is 0 Å². The van der Waals surface area contributed by atoms with Crippen LogP contribution in [0.4, 0.5) is 5.82 Å². The van der Waals surface area contributed by atoms with E-state index in [9.17, 15) is 0 Å². The first-order valence-corrected chi connectivity index (χ1v) is 5.60. The second-order valence-corrected chi connectivity index (χ2v) is 4.08. The Bertz CT molecular complexity index is 589. The van der Waals surface area contributed by atoms with Crippen molar-refractivity contribution in [2.24, 2.45) is 0 Å². The molecule has 0 unspecified atom stereocenters. The van der Waals surface area contributed by atoms with Crippen LogP contribution in [0.1, 0.15) is 6.23 Å². The number of halogens is 1. The summed E-state index contributed by atoms with van der Waals surface area (Å²) < 4.78 is 12.3. The van der Waals surface area contributed by atoms with Crippen molar-refractivity contribution in [2.45, 2.75) is 12.5 Å². The topological polar surface area (TPSA) is 108 Å². The molecule has 1 aliphatic heterocycles. The summed E-state index contributed by atoms with van der Waals surface area (Å²) in [6.07, 6.45) is 0.472. The van der Waals surface area contributed by atoms with E-state index in [1.165, 1.54) is 6.33 Å². The predicted molar refractivity (Wildman–Crippen MR) is 61.7 cm³/mol. The van der Waals surface area contributed by atoms with Crippen molar-refractivity contribution in [1.82, 2.24) is 19.5 Å². The Balaban J connectivity index is 2.03. The molecular weight excluding hydrogens is 262 g/mol. The average Bonchev–Trinajstić information content (AvgIpc) is 2.93. The SMILES string of the molecule is Nc1nc(Cl)nc2c1ncn2[C@@H]1CO[C@@H](CO)O1. The fraction of sp³-hybridized carbons (Fsp3) is 0.444. The van der Waals surface area contributed by atoms with Gasteiger partial charge >= 0.3 is 0 Å². The number of nitrogens with zero attached hydrogens (tertiary/aromatic N) is 4. The number of fused-ring (bicyclic) bond motifs is 1. The number of aliphatic hydroxyl groups is 1. The largest absolute Gasteiger partial charge is 0.391 e. The highest BCUT2D eigenvalue weighted by Crippen LogP contribution is 2.26. The lowest BCUT2D eigenvalue weighted by atomic mass is 10.5. The van der Waals surface area contributed by atoms with Gasteiger partial charge in [0.05, 0.1) is 19.5 Å². The maximum Gasteiger partial charge on any atom is 0.226 e. The molecule has 1 fully saturated rings. The van der Waals surface area contributed by atoms with Gasteiger partial charge in [-0.05, 0) is 11.6 Å². The first-order chi connectivity index (χ1) is 8.69. The number of aromatic nitrogens is 4. The Kier molecular flexibility index (Phi) is 2.78. The fourth-order valence-corrected chi connectivity index (χ4v) is 1.98. The predicted octanol–water partition coefficient (Wildman–Crippen LogP) is -0.0743. The van der Waals surface area contributed by atoms with E-state index < -0.39 is 12.5 Å². The third-order valence-corrected chi connectivity index (χ3v) is 2.78. The average molecular weight is 272 g/mol. The van der Waals surface area contributed by atoms with Crippen LogP contribution < -0.4 is 5.73 Å². The summed E-state index contributed by atoms with van der Waals surface area (Å²) in [6.45, 7) is 0.0826. The molecule has 8 nitrogen and oxygen atoms in total. The van der Waals surface area contributed by atoms with Crippen LogP contribution in [0.2, 0.25) is 5.28 Å². The van der Waals surface area contributed by atoms with Crippen molar-refractivity contribution in [3.8, 4) is 0 Å². The second kappa shape index (κ2) is 4.32. The molecule has 2 aromatic rings. The smallest absolute Gasteiger partial charge is 0.226 e. The van der Waals surface area contributed by atoms with E-state index in [4.69, 9.17) is 31.9 Å². The molecule has 9 heteroatoms. The molecule has 0 amide bonds. The van der Waals surface area contributed by atoms with Crippen LogP contribution in [0.5, 0.6) is 0 Å². The normalized spacial score (nSPS) is 23.9. The Morgan fingerprint density at radius 3 is 3.11 bits per heavy atom. The standard InChI is InChI=1S/C9H10ClN5O3/c10-9-13-7(11)6-8(14-9)15(3-12-6)4-2-17-5(1-16)18-4/h3-5,16H,1-2H2,(H2,11,13,14)/t4-,5+/m0/s1. The number of anilines is 1. The molecule has 3 N–H and O–H groups in total. The molecule has 0 aromatic carbocycles. The molecule has 2 aromatic heterocycles. The number of aliphatic hydroxyl groups excluding tert-OH is 1. The minimum atomic E-state index is -0.637. The third-order valence-electron chi connectivity index (χ3n) is 2.61. The summed E-state index contributed by atoms with van der Waals surface area (Å²) in [5, 5.41) is 8.98. The van der Waals surface area contributed by atoms with Crippen LogP contribution in [-0.2, 0) is 9.47 Å². The van der Waals surface area contributed by atoms with Crippen LogP contribution in [0.3, 0.4) is 0 Å². The number of nitrogens with two attached hydrogens (primary N) is 1. The number of imidazole rings is 1. The first-order valence-electron chi connectivity index (χ1n) is 5.22. The van der Waals surface area contributed by atoms with E-state index in [0.29, 0.717) is 11.2 Å². The number of nitrogen functional groups attached to an aromatic ring is 1. The number of rotatable bonds is 2. The van der Waals surface area contributed by atoms with E-state index >= 15 is 0 Å². The molecule has 1 saturated heterocycles. The molecule has 0 bridgehead atoms. The summed E-state index contributed by atoms with van der Waals surface area (Å²) >= 11 is 5.76. The summed E-state index contributed by atoms with van der Waals surface area (Å²) in [7, 11) is 0. The highest BCUT2D eigenvalue weighted by atomic mass is 35.5. The molecule has 96 valence electrons. The van der Waals surface area contributed by atoms with Crippen LogP contribution in [0.25, 0.3) is 11.2 Å². The molecule has 3 rings (SSSR count). The van der Waals surface area contributed by atoms with Gasteiger partial charge < -0.3 is 20.3 Å². The molecule has 18 heavy (non-hydrogen) atoms. The van der Waals surface area contributed by atoms with E-state index in [2.05, 4.69) is 15.0 Å². The van der Waals surface area contributed by atoms with E-state index in [1.54, 1.807) is 4.57 Å². The lowest BCUT2D eigenvalue weighted by Gasteiger charge is -2.11. The molecular formula is C9H10ClN5O3. The maximum atomic E-state index is 8.94. The number of hydrogen-bond donors (Lipinski definition) is 2. The van der Waals surface area contributed by atoms with Gasteiger partial charge in [0.15, 0.2) is 24.0 Å². The van der Waals surface area contributed by atoms with Gasteiger partial charge in [0, 0.05) is 0 Å². The van der Waals surface area contributed by atoms with Crippen molar-refractivity contribution >= 4 is 28.6 Å². The number of ether oxygens (including phenoxy) is 2. The first kappa shape index (κ1) is 11.6. The lowest BCUT2D eigenvalue weighted by molar-refractivity contribution is -0.0980. The van der Waals surface area contributed by atoms with Crippen molar-refractivity contribution in [3.63, 3.8) is 0 Å². The number of hydrogen-bond acceptors (Lipinski definition) is 7. The Labute approximate surface area is 106 Å². The van der Waals surface area contributed by atoms with Crippen molar-refractivity contribution < 1.29 is 14.6 Å².